The molecule has 0 saturated carbocycles. The SMILES string of the molecule is CCc1ccc(NC(=O)C2CCCN(c3ccc(=O)n(-c4ccc(CC)cc4)n3)C2)cc1. The van der Waals surface area contributed by atoms with Crippen LogP contribution in [0.15, 0.2) is 65.5 Å². The Morgan fingerprint density at radius 1 is 0.969 bits per heavy atom. The van der Waals surface area contributed by atoms with Crippen molar-refractivity contribution in [1.82, 2.24) is 9.78 Å². The summed E-state index contributed by atoms with van der Waals surface area (Å²) in [6.45, 7) is 5.61. The monoisotopic (exact) mass is 430 g/mol. The topological polar surface area (TPSA) is 67.2 Å². The molecule has 1 atom stereocenters. The molecule has 3 aromatic rings. The summed E-state index contributed by atoms with van der Waals surface area (Å²) in [7, 11) is 0. The quantitative estimate of drug-likeness (QED) is 0.636. The summed E-state index contributed by atoms with van der Waals surface area (Å²) in [5, 5.41) is 7.67. The Bertz CT molecular complexity index is 1120. The summed E-state index contributed by atoms with van der Waals surface area (Å²) < 4.78 is 1.44. The number of amides is 1. The van der Waals surface area contributed by atoms with Crippen LogP contribution in [0.2, 0.25) is 0 Å². The van der Waals surface area contributed by atoms with E-state index in [1.165, 1.54) is 15.8 Å². The number of aromatic nitrogens is 2. The van der Waals surface area contributed by atoms with Crippen molar-refractivity contribution >= 4 is 17.4 Å². The molecule has 1 N–H and O–H groups in total. The molecule has 1 unspecified atom stereocenters. The Morgan fingerprint density at radius 2 is 1.62 bits per heavy atom. The largest absolute Gasteiger partial charge is 0.354 e. The fourth-order valence-electron chi connectivity index (χ4n) is 4.10. The first-order valence-electron chi connectivity index (χ1n) is 11.4. The van der Waals surface area contributed by atoms with Crippen molar-refractivity contribution in [2.24, 2.45) is 5.92 Å². The highest BCUT2D eigenvalue weighted by atomic mass is 16.2. The van der Waals surface area contributed by atoms with E-state index >= 15 is 0 Å². The van der Waals surface area contributed by atoms with E-state index in [1.807, 2.05) is 48.5 Å². The molecular weight excluding hydrogens is 400 g/mol. The Labute approximate surface area is 188 Å². The molecule has 1 amide bonds. The predicted molar refractivity (Wildman–Crippen MR) is 129 cm³/mol. The number of carbonyl (C=O) groups is 1. The minimum atomic E-state index is -0.167. The van der Waals surface area contributed by atoms with Gasteiger partial charge in [-0.2, -0.15) is 4.68 Å². The molecule has 0 bridgehead atoms. The van der Waals surface area contributed by atoms with Gasteiger partial charge in [-0.25, -0.2) is 0 Å². The number of benzene rings is 2. The molecule has 0 spiro atoms. The summed E-state index contributed by atoms with van der Waals surface area (Å²) in [5.41, 5.74) is 3.87. The van der Waals surface area contributed by atoms with Gasteiger partial charge in [-0.05, 0) is 67.1 Å². The number of nitrogens with zero attached hydrogens (tertiary/aromatic N) is 3. The van der Waals surface area contributed by atoms with Gasteiger partial charge in [-0.15, -0.1) is 5.10 Å². The Balaban J connectivity index is 1.48. The van der Waals surface area contributed by atoms with Crippen LogP contribution in [0.1, 0.15) is 37.8 Å². The van der Waals surface area contributed by atoms with Gasteiger partial charge in [0.15, 0.2) is 0 Å². The van der Waals surface area contributed by atoms with Crippen LogP contribution < -0.4 is 15.8 Å². The van der Waals surface area contributed by atoms with Gasteiger partial charge in [0.05, 0.1) is 11.6 Å². The van der Waals surface area contributed by atoms with Gasteiger partial charge >= 0.3 is 0 Å². The van der Waals surface area contributed by atoms with Crippen LogP contribution in [0.3, 0.4) is 0 Å². The molecule has 0 aliphatic carbocycles. The smallest absolute Gasteiger partial charge is 0.271 e. The van der Waals surface area contributed by atoms with Gasteiger partial charge in [-0.3, -0.25) is 9.59 Å². The molecule has 1 fully saturated rings. The van der Waals surface area contributed by atoms with E-state index in [0.29, 0.717) is 12.4 Å². The molecule has 4 rings (SSSR count). The lowest BCUT2D eigenvalue weighted by atomic mass is 9.97. The van der Waals surface area contributed by atoms with Gasteiger partial charge in [0.25, 0.3) is 5.56 Å². The number of hydrogen-bond donors (Lipinski definition) is 1. The summed E-state index contributed by atoms with van der Waals surface area (Å²) >= 11 is 0. The summed E-state index contributed by atoms with van der Waals surface area (Å²) in [6.07, 6.45) is 3.67. The molecule has 1 aliphatic heterocycles. The molecule has 0 radical (unpaired) electrons. The summed E-state index contributed by atoms with van der Waals surface area (Å²) in [6, 6.07) is 19.2. The Hall–Kier alpha value is -3.41. The highest BCUT2D eigenvalue weighted by Crippen LogP contribution is 2.23. The number of nitrogens with one attached hydrogen (secondary N) is 1. The third-order valence-corrected chi connectivity index (χ3v) is 6.12. The number of hydrogen-bond acceptors (Lipinski definition) is 4. The standard InChI is InChI=1S/C26H30N4O2/c1-3-19-7-11-22(12-8-19)27-26(32)21-6-5-17-29(18-21)24-15-16-25(31)30(28-24)23-13-9-20(4-2)10-14-23/h7-16,21H,3-6,17-18H2,1-2H3,(H,27,32). The average molecular weight is 431 g/mol. The van der Waals surface area contributed by atoms with Crippen molar-refractivity contribution in [3.63, 3.8) is 0 Å². The van der Waals surface area contributed by atoms with Crippen molar-refractivity contribution in [1.29, 1.82) is 0 Å². The number of aryl methyl sites for hydroxylation is 2. The maximum Gasteiger partial charge on any atom is 0.271 e. The zero-order valence-corrected chi connectivity index (χ0v) is 18.8. The van der Waals surface area contributed by atoms with Crippen LogP contribution in [-0.4, -0.2) is 28.8 Å². The fraction of sp³-hybridized carbons (Fsp3) is 0.346. The average Bonchev–Trinajstić information content (AvgIpc) is 2.85. The number of carbonyl (C=O) groups excluding carboxylic acids is 1. The van der Waals surface area contributed by atoms with E-state index in [4.69, 9.17) is 0 Å². The van der Waals surface area contributed by atoms with Crippen LogP contribution >= 0.6 is 0 Å². The maximum absolute atomic E-state index is 12.9. The van der Waals surface area contributed by atoms with Crippen LogP contribution in [0, 0.1) is 5.92 Å². The van der Waals surface area contributed by atoms with Crippen LogP contribution in [0.25, 0.3) is 5.69 Å². The lowest BCUT2D eigenvalue weighted by molar-refractivity contribution is -0.120. The number of rotatable bonds is 6. The molecule has 6 heteroatoms. The molecule has 6 nitrogen and oxygen atoms in total. The first-order valence-corrected chi connectivity index (χ1v) is 11.4. The number of anilines is 2. The maximum atomic E-state index is 12.9. The van der Waals surface area contributed by atoms with Crippen LogP contribution in [-0.2, 0) is 17.6 Å². The third-order valence-electron chi connectivity index (χ3n) is 6.12. The van der Waals surface area contributed by atoms with E-state index in [-0.39, 0.29) is 17.4 Å². The van der Waals surface area contributed by atoms with Gasteiger partial charge in [0.2, 0.25) is 5.91 Å². The molecule has 166 valence electrons. The number of piperidine rings is 1. The van der Waals surface area contributed by atoms with E-state index in [1.54, 1.807) is 12.1 Å². The molecular formula is C26H30N4O2. The van der Waals surface area contributed by atoms with E-state index in [2.05, 4.69) is 29.2 Å². The van der Waals surface area contributed by atoms with Gasteiger partial charge in [-0.1, -0.05) is 38.1 Å². The van der Waals surface area contributed by atoms with Crippen LogP contribution in [0.4, 0.5) is 11.5 Å². The first-order chi connectivity index (χ1) is 15.6. The van der Waals surface area contributed by atoms with Crippen molar-refractivity contribution in [3.05, 3.63) is 82.1 Å². The van der Waals surface area contributed by atoms with Crippen molar-refractivity contribution < 1.29 is 4.79 Å². The fourth-order valence-corrected chi connectivity index (χ4v) is 4.10. The summed E-state index contributed by atoms with van der Waals surface area (Å²) in [4.78, 5) is 27.4. The van der Waals surface area contributed by atoms with E-state index in [9.17, 15) is 9.59 Å². The lowest BCUT2D eigenvalue weighted by Crippen LogP contribution is -2.41. The van der Waals surface area contributed by atoms with Crippen LogP contribution in [0.5, 0.6) is 0 Å². The molecule has 1 saturated heterocycles. The molecule has 1 aromatic heterocycles. The van der Waals surface area contributed by atoms with Gasteiger partial charge in [0, 0.05) is 24.8 Å². The zero-order chi connectivity index (χ0) is 22.5. The van der Waals surface area contributed by atoms with Crippen molar-refractivity contribution in [2.75, 3.05) is 23.3 Å². The normalized spacial score (nSPS) is 16.1. The Kier molecular flexibility index (Phi) is 6.69. The highest BCUT2D eigenvalue weighted by molar-refractivity contribution is 5.93. The Morgan fingerprint density at radius 3 is 2.28 bits per heavy atom. The minimum Gasteiger partial charge on any atom is -0.354 e. The minimum absolute atomic E-state index is 0.0300. The van der Waals surface area contributed by atoms with E-state index in [0.717, 1.165) is 43.6 Å². The zero-order valence-electron chi connectivity index (χ0n) is 18.8. The second kappa shape index (κ2) is 9.81. The van der Waals surface area contributed by atoms with E-state index < -0.39 is 0 Å². The van der Waals surface area contributed by atoms with Gasteiger partial charge in [0.1, 0.15) is 5.82 Å². The molecule has 2 aromatic carbocycles. The second-order valence-electron chi connectivity index (χ2n) is 8.29. The first kappa shape index (κ1) is 21.8. The molecule has 2 heterocycles. The molecule has 1 aliphatic rings. The second-order valence-corrected chi connectivity index (χ2v) is 8.29. The van der Waals surface area contributed by atoms with Crippen molar-refractivity contribution in [2.45, 2.75) is 39.5 Å². The van der Waals surface area contributed by atoms with Gasteiger partial charge < -0.3 is 10.2 Å². The van der Waals surface area contributed by atoms with Crippen molar-refractivity contribution in [3.8, 4) is 5.69 Å². The molecule has 32 heavy (non-hydrogen) atoms. The highest BCUT2D eigenvalue weighted by Gasteiger charge is 2.27. The lowest BCUT2D eigenvalue weighted by Gasteiger charge is -2.33. The predicted octanol–water partition coefficient (Wildman–Crippen LogP) is 4.21. The third kappa shape index (κ3) is 4.90. The summed E-state index contributed by atoms with van der Waals surface area (Å²) in [5.74, 6) is 0.622.